The van der Waals surface area contributed by atoms with Gasteiger partial charge in [-0.3, -0.25) is 9.78 Å². The summed E-state index contributed by atoms with van der Waals surface area (Å²) in [5.74, 6) is 4.81. The molecule has 0 aliphatic heterocycles. The van der Waals surface area contributed by atoms with Crippen LogP contribution < -0.4 is 17.1 Å². The summed E-state index contributed by atoms with van der Waals surface area (Å²) in [7, 11) is 0. The molecule has 3 N–H and O–H groups in total. The van der Waals surface area contributed by atoms with Crippen molar-refractivity contribution in [2.75, 3.05) is 6.61 Å². The van der Waals surface area contributed by atoms with Crippen LogP contribution in [0.4, 0.5) is 0 Å². The molecule has 0 aliphatic rings. The molecule has 1 heterocycles. The molecule has 6 nitrogen and oxygen atoms in total. The van der Waals surface area contributed by atoms with E-state index in [1.54, 1.807) is 0 Å². The van der Waals surface area contributed by atoms with Gasteiger partial charge in [-0.15, -0.1) is 0 Å². The van der Waals surface area contributed by atoms with E-state index in [0.29, 0.717) is 19.6 Å². The van der Waals surface area contributed by atoms with E-state index in [9.17, 15) is 9.59 Å². The first-order chi connectivity index (χ1) is 6.24. The van der Waals surface area contributed by atoms with Crippen LogP contribution in [0.1, 0.15) is 6.42 Å². The summed E-state index contributed by atoms with van der Waals surface area (Å²) in [5.41, 5.74) is -0.805. The maximum Gasteiger partial charge on any atom is 0.328 e. The van der Waals surface area contributed by atoms with Crippen molar-refractivity contribution in [3.05, 3.63) is 33.1 Å². The maximum atomic E-state index is 11.1. The third-order valence-electron chi connectivity index (χ3n) is 1.56. The minimum Gasteiger partial charge on any atom is -0.305 e. The zero-order valence-corrected chi connectivity index (χ0v) is 7.03. The molecule has 0 amide bonds. The summed E-state index contributed by atoms with van der Waals surface area (Å²) in [5, 5.41) is 0. The van der Waals surface area contributed by atoms with E-state index in [2.05, 4.69) is 9.82 Å². The van der Waals surface area contributed by atoms with E-state index >= 15 is 0 Å². The fourth-order valence-corrected chi connectivity index (χ4v) is 0.939. The quantitative estimate of drug-likeness (QED) is 0.456. The van der Waals surface area contributed by atoms with Gasteiger partial charge in [-0.1, -0.05) is 0 Å². The Morgan fingerprint density at radius 3 is 2.92 bits per heavy atom. The molecule has 0 saturated carbocycles. The summed E-state index contributed by atoms with van der Waals surface area (Å²) in [6.45, 7) is 0.860. The van der Waals surface area contributed by atoms with Crippen molar-refractivity contribution >= 4 is 0 Å². The van der Waals surface area contributed by atoms with Gasteiger partial charge in [-0.25, -0.2) is 10.7 Å². The van der Waals surface area contributed by atoms with E-state index in [0.717, 1.165) is 0 Å². The lowest BCUT2D eigenvalue weighted by Gasteiger charge is -2.02. The SMILES string of the molecule is NOCCCn1ccc(=O)[nH]c1=O. The smallest absolute Gasteiger partial charge is 0.305 e. The largest absolute Gasteiger partial charge is 0.328 e. The zero-order chi connectivity index (χ0) is 9.68. The second kappa shape index (κ2) is 4.58. The molecule has 0 saturated heterocycles. The standard InChI is InChI=1S/C7H11N3O3/c8-13-5-1-3-10-4-2-6(11)9-7(10)12/h2,4H,1,3,5,8H2,(H,9,11,12). The Hall–Kier alpha value is -1.40. The Labute approximate surface area is 73.9 Å². The number of aromatic amines is 1. The van der Waals surface area contributed by atoms with Crippen molar-refractivity contribution in [3.63, 3.8) is 0 Å². The van der Waals surface area contributed by atoms with Crippen molar-refractivity contribution in [1.82, 2.24) is 9.55 Å². The molecule has 72 valence electrons. The number of aryl methyl sites for hydroxylation is 1. The average molecular weight is 185 g/mol. The molecule has 0 fully saturated rings. The molecule has 1 aromatic rings. The fraction of sp³-hybridized carbons (Fsp3) is 0.429. The molecular formula is C7H11N3O3. The molecule has 6 heteroatoms. The van der Waals surface area contributed by atoms with Crippen LogP contribution in [0.3, 0.4) is 0 Å². The molecular weight excluding hydrogens is 174 g/mol. The Morgan fingerprint density at radius 2 is 2.31 bits per heavy atom. The topological polar surface area (TPSA) is 90.1 Å². The highest BCUT2D eigenvalue weighted by Gasteiger charge is 1.95. The summed E-state index contributed by atoms with van der Waals surface area (Å²) in [6.07, 6.45) is 2.07. The third kappa shape index (κ3) is 2.85. The first-order valence-electron chi connectivity index (χ1n) is 3.85. The Balaban J connectivity index is 2.67. The van der Waals surface area contributed by atoms with E-state index in [-0.39, 0.29) is 0 Å². The van der Waals surface area contributed by atoms with E-state index in [4.69, 9.17) is 5.90 Å². The summed E-state index contributed by atoms with van der Waals surface area (Å²) >= 11 is 0. The Kier molecular flexibility index (Phi) is 3.41. The zero-order valence-electron chi connectivity index (χ0n) is 7.03. The lowest BCUT2D eigenvalue weighted by atomic mass is 10.4. The predicted octanol–water partition coefficient (Wildman–Crippen LogP) is -1.18. The molecule has 0 aromatic carbocycles. The van der Waals surface area contributed by atoms with Crippen LogP contribution in [0.15, 0.2) is 21.9 Å². The monoisotopic (exact) mass is 185 g/mol. The Bertz CT molecular complexity index is 368. The lowest BCUT2D eigenvalue weighted by Crippen LogP contribution is -2.29. The number of nitrogens with two attached hydrogens (primary N) is 1. The molecule has 0 radical (unpaired) electrons. The van der Waals surface area contributed by atoms with Gasteiger partial charge in [0.15, 0.2) is 0 Å². The number of hydrogen-bond acceptors (Lipinski definition) is 4. The van der Waals surface area contributed by atoms with Crippen LogP contribution in [-0.2, 0) is 11.4 Å². The van der Waals surface area contributed by atoms with Crippen LogP contribution in [0.25, 0.3) is 0 Å². The van der Waals surface area contributed by atoms with Crippen molar-refractivity contribution in [3.8, 4) is 0 Å². The number of H-pyrrole nitrogens is 1. The molecule has 0 aliphatic carbocycles. The van der Waals surface area contributed by atoms with Crippen molar-refractivity contribution in [2.45, 2.75) is 13.0 Å². The molecule has 0 unspecified atom stereocenters. The summed E-state index contributed by atoms with van der Waals surface area (Å²) in [6, 6.07) is 1.30. The second-order valence-electron chi connectivity index (χ2n) is 2.53. The number of nitrogens with one attached hydrogen (secondary N) is 1. The first kappa shape index (κ1) is 9.69. The average Bonchev–Trinajstić information content (AvgIpc) is 2.09. The van der Waals surface area contributed by atoms with E-state index in [1.165, 1.54) is 16.8 Å². The second-order valence-corrected chi connectivity index (χ2v) is 2.53. The highest BCUT2D eigenvalue weighted by atomic mass is 16.6. The van der Waals surface area contributed by atoms with E-state index in [1.807, 2.05) is 0 Å². The highest BCUT2D eigenvalue weighted by molar-refractivity contribution is 4.82. The van der Waals surface area contributed by atoms with Crippen LogP contribution in [0.5, 0.6) is 0 Å². The maximum absolute atomic E-state index is 11.1. The number of rotatable bonds is 4. The molecule has 0 bridgehead atoms. The molecule has 13 heavy (non-hydrogen) atoms. The van der Waals surface area contributed by atoms with Gasteiger partial charge in [-0.05, 0) is 6.42 Å². The third-order valence-corrected chi connectivity index (χ3v) is 1.56. The van der Waals surface area contributed by atoms with E-state index < -0.39 is 11.2 Å². The predicted molar refractivity (Wildman–Crippen MR) is 46.1 cm³/mol. The first-order valence-corrected chi connectivity index (χ1v) is 3.85. The van der Waals surface area contributed by atoms with Crippen LogP contribution >= 0.6 is 0 Å². The van der Waals surface area contributed by atoms with Crippen LogP contribution in [0.2, 0.25) is 0 Å². The van der Waals surface area contributed by atoms with Crippen molar-refractivity contribution < 1.29 is 4.84 Å². The number of nitrogens with zero attached hydrogens (tertiary/aromatic N) is 1. The number of aromatic nitrogens is 2. The van der Waals surface area contributed by atoms with Gasteiger partial charge in [-0.2, -0.15) is 0 Å². The van der Waals surface area contributed by atoms with Crippen LogP contribution in [-0.4, -0.2) is 16.2 Å². The van der Waals surface area contributed by atoms with Gasteiger partial charge < -0.3 is 9.40 Å². The molecule has 1 rings (SSSR count). The fourth-order valence-electron chi connectivity index (χ4n) is 0.939. The minimum atomic E-state index is -0.412. The van der Waals surface area contributed by atoms with Gasteiger partial charge in [0.1, 0.15) is 0 Å². The van der Waals surface area contributed by atoms with Crippen molar-refractivity contribution in [1.29, 1.82) is 0 Å². The van der Waals surface area contributed by atoms with Gasteiger partial charge in [0, 0.05) is 18.8 Å². The number of hydrogen-bond donors (Lipinski definition) is 2. The molecule has 1 aromatic heterocycles. The lowest BCUT2D eigenvalue weighted by molar-refractivity contribution is 0.132. The van der Waals surface area contributed by atoms with Gasteiger partial charge in [0.05, 0.1) is 6.61 Å². The van der Waals surface area contributed by atoms with Gasteiger partial charge in [0.2, 0.25) is 0 Å². The normalized spacial score (nSPS) is 10.2. The van der Waals surface area contributed by atoms with Gasteiger partial charge >= 0.3 is 5.69 Å². The van der Waals surface area contributed by atoms with Crippen molar-refractivity contribution in [2.24, 2.45) is 5.90 Å². The minimum absolute atomic E-state index is 0.381. The van der Waals surface area contributed by atoms with Crippen LogP contribution in [0, 0.1) is 0 Å². The highest BCUT2D eigenvalue weighted by Crippen LogP contribution is 1.83. The molecule has 0 spiro atoms. The summed E-state index contributed by atoms with van der Waals surface area (Å²) < 4.78 is 1.39. The molecule has 0 atom stereocenters. The Morgan fingerprint density at radius 1 is 1.54 bits per heavy atom. The van der Waals surface area contributed by atoms with Gasteiger partial charge in [0.25, 0.3) is 5.56 Å². The summed E-state index contributed by atoms with van der Waals surface area (Å²) in [4.78, 5) is 28.2.